The molecule has 0 bridgehead atoms. The molecule has 13 heavy (non-hydrogen) atoms. The molecular formula is C10H13F2N. The fourth-order valence-corrected chi connectivity index (χ4v) is 1.19. The van der Waals surface area contributed by atoms with Crippen LogP contribution in [-0.4, -0.2) is 6.54 Å². The lowest BCUT2D eigenvalue weighted by molar-refractivity contribution is -0.595. The molecule has 0 saturated heterocycles. The lowest BCUT2D eigenvalue weighted by Crippen LogP contribution is -2.77. The Morgan fingerprint density at radius 2 is 2.08 bits per heavy atom. The first-order chi connectivity index (χ1) is 6.16. The summed E-state index contributed by atoms with van der Waals surface area (Å²) in [4.78, 5) is 0. The fourth-order valence-electron chi connectivity index (χ4n) is 1.19. The molecule has 0 atom stereocenters. The lowest BCUT2D eigenvalue weighted by Gasteiger charge is -2.06. The van der Waals surface area contributed by atoms with Crippen LogP contribution in [0.15, 0.2) is 12.1 Å². The summed E-state index contributed by atoms with van der Waals surface area (Å²) >= 11 is 0. The number of aryl methyl sites for hydroxylation is 1. The Hall–Kier alpha value is -0.960. The lowest BCUT2D eigenvalue weighted by atomic mass is 10.1. The Morgan fingerprint density at radius 1 is 1.38 bits per heavy atom. The monoisotopic (exact) mass is 185 g/mol. The van der Waals surface area contributed by atoms with Gasteiger partial charge in [0.1, 0.15) is 11.6 Å². The van der Waals surface area contributed by atoms with Crippen molar-refractivity contribution in [2.75, 3.05) is 6.54 Å². The van der Waals surface area contributed by atoms with Crippen molar-refractivity contribution in [2.45, 2.75) is 13.3 Å². The number of rotatable bonds is 3. The maximum absolute atomic E-state index is 13.3. The molecule has 0 fully saturated rings. The molecule has 1 aromatic rings. The van der Waals surface area contributed by atoms with Crippen LogP contribution in [0, 0.1) is 25.6 Å². The number of hydrogen-bond donors (Lipinski definition) is 1. The molecule has 1 aromatic carbocycles. The van der Waals surface area contributed by atoms with Crippen molar-refractivity contribution in [3.8, 4) is 0 Å². The molecule has 0 spiro atoms. The Kier molecular flexibility index (Phi) is 3.37. The van der Waals surface area contributed by atoms with E-state index in [0.717, 1.165) is 0 Å². The molecule has 0 aliphatic heterocycles. The summed E-state index contributed by atoms with van der Waals surface area (Å²) in [6.07, 6.45) is 0.378. The van der Waals surface area contributed by atoms with Gasteiger partial charge in [-0.1, -0.05) is 6.07 Å². The predicted octanol–water partition coefficient (Wildman–Crippen LogP) is 1.17. The van der Waals surface area contributed by atoms with Gasteiger partial charge in [0.2, 0.25) is 0 Å². The molecule has 0 radical (unpaired) electrons. The minimum Gasteiger partial charge on any atom is -0.479 e. The van der Waals surface area contributed by atoms with Crippen molar-refractivity contribution in [2.24, 2.45) is 0 Å². The molecule has 0 amide bonds. The number of benzene rings is 1. The molecule has 0 saturated carbocycles. The standard InChI is InChI=1S/C10H13F2N/c1-7-3-4-9(11)8(10(7)12)5-6-13-2/h3-4H,2,5-6,13H2,1H3. The minimum atomic E-state index is -0.468. The number of halogens is 2. The van der Waals surface area contributed by atoms with E-state index in [1.54, 1.807) is 12.2 Å². The van der Waals surface area contributed by atoms with Crippen molar-refractivity contribution in [3.63, 3.8) is 0 Å². The van der Waals surface area contributed by atoms with E-state index in [0.29, 0.717) is 18.5 Å². The first-order valence-electron chi connectivity index (χ1n) is 4.21. The second-order valence-corrected chi connectivity index (χ2v) is 2.98. The molecule has 0 unspecified atom stereocenters. The smallest absolute Gasteiger partial charge is 0.132 e. The van der Waals surface area contributed by atoms with Gasteiger partial charge in [0.25, 0.3) is 0 Å². The van der Waals surface area contributed by atoms with Crippen LogP contribution in [0.5, 0.6) is 0 Å². The number of nitrogens with two attached hydrogens (primary N) is 1. The van der Waals surface area contributed by atoms with Gasteiger partial charge in [0.15, 0.2) is 0 Å². The highest BCUT2D eigenvalue weighted by molar-refractivity contribution is 5.26. The van der Waals surface area contributed by atoms with Crippen molar-refractivity contribution < 1.29 is 14.1 Å². The zero-order valence-corrected chi connectivity index (χ0v) is 7.61. The summed E-state index contributed by atoms with van der Waals surface area (Å²) in [7, 11) is 3.51. The van der Waals surface area contributed by atoms with Gasteiger partial charge < -0.3 is 5.32 Å². The quantitative estimate of drug-likeness (QED) is 0.681. The molecule has 3 heteroatoms. The van der Waals surface area contributed by atoms with E-state index in [1.165, 1.54) is 12.1 Å². The zero-order chi connectivity index (χ0) is 9.84. The number of quaternary nitrogens is 1. The predicted molar refractivity (Wildman–Crippen MR) is 46.9 cm³/mol. The maximum atomic E-state index is 13.3. The van der Waals surface area contributed by atoms with Gasteiger partial charge in [0.05, 0.1) is 6.54 Å². The minimum absolute atomic E-state index is 0.167. The molecule has 1 nitrogen and oxygen atoms in total. The van der Waals surface area contributed by atoms with E-state index in [2.05, 4.69) is 7.05 Å². The van der Waals surface area contributed by atoms with Gasteiger partial charge >= 0.3 is 0 Å². The summed E-state index contributed by atoms with van der Waals surface area (Å²) in [5, 5.41) is 1.65. The van der Waals surface area contributed by atoms with Crippen molar-refractivity contribution in [1.82, 2.24) is 0 Å². The Labute approximate surface area is 76.8 Å². The summed E-state index contributed by atoms with van der Waals surface area (Å²) in [5.41, 5.74) is 0.653. The largest absolute Gasteiger partial charge is 0.479 e. The van der Waals surface area contributed by atoms with Crippen LogP contribution in [-0.2, 0) is 6.42 Å². The van der Waals surface area contributed by atoms with Crippen LogP contribution in [0.3, 0.4) is 0 Å². The zero-order valence-electron chi connectivity index (χ0n) is 7.61. The SMILES string of the molecule is [CH2-][NH2+]CCc1c(F)ccc(C)c1F. The van der Waals surface area contributed by atoms with E-state index < -0.39 is 11.6 Å². The first kappa shape index (κ1) is 10.1. The van der Waals surface area contributed by atoms with Gasteiger partial charge in [-0.3, -0.25) is 0 Å². The summed E-state index contributed by atoms with van der Waals surface area (Å²) in [6, 6.07) is 2.75. The van der Waals surface area contributed by atoms with Gasteiger partial charge in [-0.25, -0.2) is 8.78 Å². The molecule has 0 aliphatic rings. The van der Waals surface area contributed by atoms with Crippen LogP contribution < -0.4 is 5.32 Å². The van der Waals surface area contributed by atoms with Crippen molar-refractivity contribution in [3.05, 3.63) is 41.9 Å². The second kappa shape index (κ2) is 4.33. The molecule has 0 aliphatic carbocycles. The average molecular weight is 185 g/mol. The van der Waals surface area contributed by atoms with Crippen molar-refractivity contribution in [1.29, 1.82) is 0 Å². The maximum Gasteiger partial charge on any atom is 0.132 e. The highest BCUT2D eigenvalue weighted by Crippen LogP contribution is 2.15. The van der Waals surface area contributed by atoms with E-state index in [9.17, 15) is 8.78 Å². The van der Waals surface area contributed by atoms with Crippen LogP contribution in [0.4, 0.5) is 8.78 Å². The van der Waals surface area contributed by atoms with Crippen LogP contribution in [0.1, 0.15) is 11.1 Å². The van der Waals surface area contributed by atoms with E-state index >= 15 is 0 Å². The Bertz CT molecular complexity index is 297. The normalized spacial score (nSPS) is 10.5. The third-order valence-corrected chi connectivity index (χ3v) is 1.98. The molecular weight excluding hydrogens is 172 g/mol. The highest BCUT2D eigenvalue weighted by atomic mass is 19.1. The van der Waals surface area contributed by atoms with Crippen LogP contribution in [0.25, 0.3) is 0 Å². The molecule has 1 rings (SSSR count). The Balaban J connectivity index is 2.96. The summed E-state index contributed by atoms with van der Waals surface area (Å²) < 4.78 is 26.4. The molecule has 2 N–H and O–H groups in total. The molecule has 72 valence electrons. The van der Waals surface area contributed by atoms with Gasteiger partial charge in [-0.2, -0.15) is 7.05 Å². The number of hydrogen-bond acceptors (Lipinski definition) is 0. The third-order valence-electron chi connectivity index (χ3n) is 1.98. The average Bonchev–Trinajstić information content (AvgIpc) is 2.12. The van der Waals surface area contributed by atoms with Crippen LogP contribution >= 0.6 is 0 Å². The highest BCUT2D eigenvalue weighted by Gasteiger charge is 2.10. The van der Waals surface area contributed by atoms with E-state index in [4.69, 9.17) is 0 Å². The molecule has 0 heterocycles. The van der Waals surface area contributed by atoms with Crippen molar-refractivity contribution >= 4 is 0 Å². The van der Waals surface area contributed by atoms with E-state index in [1.807, 2.05) is 0 Å². The fraction of sp³-hybridized carbons (Fsp3) is 0.300. The van der Waals surface area contributed by atoms with E-state index in [-0.39, 0.29) is 5.56 Å². The third kappa shape index (κ3) is 2.25. The second-order valence-electron chi connectivity index (χ2n) is 2.98. The molecule has 0 aromatic heterocycles. The summed E-state index contributed by atoms with van der Waals surface area (Å²) in [5.74, 6) is -0.896. The Morgan fingerprint density at radius 3 is 2.69 bits per heavy atom. The first-order valence-corrected chi connectivity index (χ1v) is 4.21. The summed E-state index contributed by atoms with van der Waals surface area (Å²) in [6.45, 7) is 2.23. The van der Waals surface area contributed by atoms with Gasteiger partial charge in [-0.15, -0.1) is 0 Å². The van der Waals surface area contributed by atoms with Gasteiger partial charge in [0, 0.05) is 12.0 Å². The van der Waals surface area contributed by atoms with Gasteiger partial charge in [-0.05, 0) is 18.6 Å². The van der Waals surface area contributed by atoms with Crippen LogP contribution in [0.2, 0.25) is 0 Å². The topological polar surface area (TPSA) is 16.6 Å².